The van der Waals surface area contributed by atoms with Crippen molar-refractivity contribution in [3.63, 3.8) is 0 Å². The summed E-state index contributed by atoms with van der Waals surface area (Å²) in [4.78, 5) is 0. The molecule has 1 aromatic rings. The van der Waals surface area contributed by atoms with E-state index in [-0.39, 0.29) is 6.04 Å². The van der Waals surface area contributed by atoms with Crippen molar-refractivity contribution in [1.29, 1.82) is 0 Å². The normalized spacial score (nSPS) is 11.6. The zero-order valence-electron chi connectivity index (χ0n) is 8.99. The Balaban J connectivity index is 3.16. The van der Waals surface area contributed by atoms with Crippen molar-refractivity contribution in [3.05, 3.63) is 23.8 Å². The van der Waals surface area contributed by atoms with Crippen molar-refractivity contribution < 1.29 is 9.47 Å². The van der Waals surface area contributed by atoms with E-state index in [2.05, 4.69) is 5.92 Å². The highest BCUT2D eigenvalue weighted by molar-refractivity contribution is 5.47. The second-order valence-electron chi connectivity index (χ2n) is 3.09. The highest BCUT2D eigenvalue weighted by atomic mass is 16.5. The SMILES string of the molecule is C#CCC(N)c1c(OC)cccc1OC. The first kappa shape index (κ1) is 11.4. The van der Waals surface area contributed by atoms with Crippen LogP contribution in [0.2, 0.25) is 0 Å². The van der Waals surface area contributed by atoms with Gasteiger partial charge in [-0.1, -0.05) is 6.07 Å². The zero-order valence-corrected chi connectivity index (χ0v) is 8.99. The highest BCUT2D eigenvalue weighted by Gasteiger charge is 2.16. The standard InChI is InChI=1S/C12H15NO2/c1-4-6-9(13)12-10(14-2)7-5-8-11(12)15-3/h1,5,7-9H,6,13H2,2-3H3. The van der Waals surface area contributed by atoms with Gasteiger partial charge in [0.1, 0.15) is 11.5 Å². The summed E-state index contributed by atoms with van der Waals surface area (Å²) in [5, 5.41) is 0. The quantitative estimate of drug-likeness (QED) is 0.761. The van der Waals surface area contributed by atoms with E-state index in [0.717, 1.165) is 5.56 Å². The van der Waals surface area contributed by atoms with E-state index in [1.807, 2.05) is 18.2 Å². The van der Waals surface area contributed by atoms with E-state index in [9.17, 15) is 0 Å². The molecule has 0 aliphatic heterocycles. The second-order valence-corrected chi connectivity index (χ2v) is 3.09. The van der Waals surface area contributed by atoms with E-state index in [4.69, 9.17) is 21.6 Å². The Morgan fingerprint density at radius 2 is 1.87 bits per heavy atom. The summed E-state index contributed by atoms with van der Waals surface area (Å²) in [5.74, 6) is 3.94. The first-order valence-electron chi connectivity index (χ1n) is 4.64. The summed E-state index contributed by atoms with van der Waals surface area (Å²) in [6.07, 6.45) is 5.69. The molecular formula is C12H15NO2. The molecule has 2 N–H and O–H groups in total. The minimum absolute atomic E-state index is 0.263. The van der Waals surface area contributed by atoms with Gasteiger partial charge in [0.25, 0.3) is 0 Å². The lowest BCUT2D eigenvalue weighted by Crippen LogP contribution is -2.12. The Morgan fingerprint density at radius 3 is 2.27 bits per heavy atom. The fourth-order valence-corrected chi connectivity index (χ4v) is 1.47. The van der Waals surface area contributed by atoms with Crippen molar-refractivity contribution in [1.82, 2.24) is 0 Å². The van der Waals surface area contributed by atoms with Crippen LogP contribution in [0.1, 0.15) is 18.0 Å². The van der Waals surface area contributed by atoms with E-state index in [1.54, 1.807) is 14.2 Å². The van der Waals surface area contributed by atoms with Gasteiger partial charge in [0.15, 0.2) is 0 Å². The molecule has 0 fully saturated rings. The zero-order chi connectivity index (χ0) is 11.3. The minimum atomic E-state index is -0.263. The van der Waals surface area contributed by atoms with Crippen LogP contribution in [0.25, 0.3) is 0 Å². The van der Waals surface area contributed by atoms with Crippen molar-refractivity contribution >= 4 is 0 Å². The Bertz CT molecular complexity index is 346. The number of terminal acetylenes is 1. The summed E-state index contributed by atoms with van der Waals surface area (Å²) < 4.78 is 10.5. The predicted octanol–water partition coefficient (Wildman–Crippen LogP) is 1.73. The third-order valence-corrected chi connectivity index (χ3v) is 2.17. The van der Waals surface area contributed by atoms with Gasteiger partial charge in [0, 0.05) is 12.5 Å². The molecule has 80 valence electrons. The number of rotatable bonds is 4. The van der Waals surface area contributed by atoms with Gasteiger partial charge in [-0.3, -0.25) is 0 Å². The number of benzene rings is 1. The van der Waals surface area contributed by atoms with Crippen molar-refractivity contribution in [2.24, 2.45) is 5.73 Å². The molecule has 15 heavy (non-hydrogen) atoms. The number of nitrogens with two attached hydrogens (primary N) is 1. The highest BCUT2D eigenvalue weighted by Crippen LogP contribution is 2.33. The molecule has 0 radical (unpaired) electrons. The van der Waals surface area contributed by atoms with Crippen LogP contribution in [0.4, 0.5) is 0 Å². The first-order chi connectivity index (χ1) is 7.24. The number of ether oxygens (including phenoxy) is 2. The van der Waals surface area contributed by atoms with Crippen LogP contribution >= 0.6 is 0 Å². The largest absolute Gasteiger partial charge is 0.496 e. The lowest BCUT2D eigenvalue weighted by Gasteiger charge is -2.16. The van der Waals surface area contributed by atoms with E-state index in [1.165, 1.54) is 0 Å². The Hall–Kier alpha value is -1.66. The molecule has 0 aliphatic rings. The molecule has 0 heterocycles. The van der Waals surface area contributed by atoms with Crippen molar-refractivity contribution in [2.75, 3.05) is 14.2 Å². The van der Waals surface area contributed by atoms with E-state index < -0.39 is 0 Å². The van der Waals surface area contributed by atoms with Crippen LogP contribution in [0, 0.1) is 12.3 Å². The third-order valence-electron chi connectivity index (χ3n) is 2.17. The Kier molecular flexibility index (Phi) is 4.02. The maximum absolute atomic E-state index is 5.96. The van der Waals surface area contributed by atoms with Crippen molar-refractivity contribution in [3.8, 4) is 23.8 Å². The van der Waals surface area contributed by atoms with Crippen LogP contribution in [-0.2, 0) is 0 Å². The summed E-state index contributed by atoms with van der Waals surface area (Å²) in [5.41, 5.74) is 6.78. The summed E-state index contributed by atoms with van der Waals surface area (Å²) >= 11 is 0. The molecule has 3 nitrogen and oxygen atoms in total. The van der Waals surface area contributed by atoms with Crippen LogP contribution < -0.4 is 15.2 Å². The lowest BCUT2D eigenvalue weighted by molar-refractivity contribution is 0.379. The van der Waals surface area contributed by atoms with Gasteiger partial charge >= 0.3 is 0 Å². The van der Waals surface area contributed by atoms with Crippen LogP contribution in [0.3, 0.4) is 0 Å². The molecule has 0 aliphatic carbocycles. The third kappa shape index (κ3) is 2.42. The van der Waals surface area contributed by atoms with Crippen LogP contribution in [-0.4, -0.2) is 14.2 Å². The molecule has 1 rings (SSSR count). The molecule has 1 unspecified atom stereocenters. The van der Waals surface area contributed by atoms with Gasteiger partial charge in [-0.2, -0.15) is 0 Å². The van der Waals surface area contributed by atoms with Gasteiger partial charge in [-0.25, -0.2) is 0 Å². The smallest absolute Gasteiger partial charge is 0.127 e. The maximum Gasteiger partial charge on any atom is 0.127 e. The number of methoxy groups -OCH3 is 2. The van der Waals surface area contributed by atoms with Crippen molar-refractivity contribution in [2.45, 2.75) is 12.5 Å². The second kappa shape index (κ2) is 5.28. The van der Waals surface area contributed by atoms with E-state index >= 15 is 0 Å². The Morgan fingerprint density at radius 1 is 1.33 bits per heavy atom. The Labute approximate surface area is 90.2 Å². The molecule has 1 aromatic carbocycles. The molecule has 0 spiro atoms. The minimum Gasteiger partial charge on any atom is -0.496 e. The summed E-state index contributed by atoms with van der Waals surface area (Å²) in [6, 6.07) is 5.27. The van der Waals surface area contributed by atoms with Gasteiger partial charge in [0.2, 0.25) is 0 Å². The van der Waals surface area contributed by atoms with Gasteiger partial charge < -0.3 is 15.2 Å². The first-order valence-corrected chi connectivity index (χ1v) is 4.64. The fraction of sp³-hybridized carbons (Fsp3) is 0.333. The van der Waals surface area contributed by atoms with Crippen LogP contribution in [0.5, 0.6) is 11.5 Å². The predicted molar refractivity (Wildman–Crippen MR) is 59.9 cm³/mol. The number of hydrogen-bond acceptors (Lipinski definition) is 3. The van der Waals surface area contributed by atoms with Gasteiger partial charge in [0.05, 0.1) is 19.8 Å². The molecular weight excluding hydrogens is 190 g/mol. The molecule has 0 saturated heterocycles. The summed E-state index contributed by atoms with van der Waals surface area (Å²) in [6.45, 7) is 0. The maximum atomic E-state index is 5.96. The average molecular weight is 205 g/mol. The molecule has 0 saturated carbocycles. The monoisotopic (exact) mass is 205 g/mol. The molecule has 0 aromatic heterocycles. The molecule has 3 heteroatoms. The fourth-order valence-electron chi connectivity index (χ4n) is 1.47. The van der Waals surface area contributed by atoms with Gasteiger partial charge in [-0.05, 0) is 12.1 Å². The summed E-state index contributed by atoms with van der Waals surface area (Å²) in [7, 11) is 3.20. The topological polar surface area (TPSA) is 44.5 Å². The van der Waals surface area contributed by atoms with Gasteiger partial charge in [-0.15, -0.1) is 12.3 Å². The molecule has 0 bridgehead atoms. The molecule has 0 amide bonds. The lowest BCUT2D eigenvalue weighted by atomic mass is 10.0. The van der Waals surface area contributed by atoms with Crippen LogP contribution in [0.15, 0.2) is 18.2 Å². The molecule has 1 atom stereocenters. The number of hydrogen-bond donors (Lipinski definition) is 1. The average Bonchev–Trinajstić information content (AvgIpc) is 2.28. The van der Waals surface area contributed by atoms with E-state index in [0.29, 0.717) is 17.9 Å².